The summed E-state index contributed by atoms with van der Waals surface area (Å²) in [6, 6.07) is 10.0. The van der Waals surface area contributed by atoms with Crippen LogP contribution in [0.4, 0.5) is 0 Å². The van der Waals surface area contributed by atoms with Gasteiger partial charge in [0, 0.05) is 23.7 Å². The maximum Gasteiger partial charge on any atom is 0.222 e. The Morgan fingerprint density at radius 2 is 2.00 bits per heavy atom. The molecule has 1 amide bonds. The van der Waals surface area contributed by atoms with Gasteiger partial charge >= 0.3 is 0 Å². The Kier molecular flexibility index (Phi) is 5.44. The molecule has 142 valence electrons. The number of rotatable bonds is 6. The summed E-state index contributed by atoms with van der Waals surface area (Å²) in [6.45, 7) is 8.41. The van der Waals surface area contributed by atoms with E-state index in [1.54, 1.807) is 7.11 Å². The van der Waals surface area contributed by atoms with Gasteiger partial charge in [0.25, 0.3) is 0 Å². The molecule has 0 aliphatic heterocycles. The van der Waals surface area contributed by atoms with E-state index >= 15 is 0 Å². The van der Waals surface area contributed by atoms with E-state index in [-0.39, 0.29) is 11.9 Å². The highest BCUT2D eigenvalue weighted by atomic mass is 16.5. The maximum absolute atomic E-state index is 12.1. The third kappa shape index (κ3) is 3.94. The van der Waals surface area contributed by atoms with Crippen LogP contribution in [0, 0.1) is 13.8 Å². The molecule has 0 aliphatic carbocycles. The summed E-state index contributed by atoms with van der Waals surface area (Å²) in [7, 11) is 1.66. The SMILES string of the molecule is COc1ccccc1-c1nn(CCC(=O)NC(C)C)c2nc(C)cc(C)c12. The first-order valence-electron chi connectivity index (χ1n) is 9.18. The number of nitrogens with one attached hydrogen (secondary N) is 1. The van der Waals surface area contributed by atoms with E-state index in [1.807, 2.05) is 49.7 Å². The average Bonchev–Trinajstić information content (AvgIpc) is 2.98. The van der Waals surface area contributed by atoms with Crippen LogP contribution in [0.1, 0.15) is 31.5 Å². The number of fused-ring (bicyclic) bond motifs is 1. The van der Waals surface area contributed by atoms with E-state index in [0.29, 0.717) is 13.0 Å². The van der Waals surface area contributed by atoms with Crippen LogP contribution in [-0.4, -0.2) is 33.8 Å². The lowest BCUT2D eigenvalue weighted by Crippen LogP contribution is -2.30. The van der Waals surface area contributed by atoms with E-state index in [1.165, 1.54) is 0 Å². The number of aromatic nitrogens is 3. The molecular weight excluding hydrogens is 340 g/mol. The molecule has 6 heteroatoms. The number of aryl methyl sites for hydroxylation is 3. The molecule has 3 aromatic rings. The molecule has 0 spiro atoms. The maximum atomic E-state index is 12.1. The Bertz CT molecular complexity index is 976. The van der Waals surface area contributed by atoms with Crippen LogP contribution in [0.25, 0.3) is 22.3 Å². The minimum absolute atomic E-state index is 0.0110. The zero-order chi connectivity index (χ0) is 19.6. The van der Waals surface area contributed by atoms with Crippen molar-refractivity contribution >= 4 is 16.9 Å². The summed E-state index contributed by atoms with van der Waals surface area (Å²) < 4.78 is 7.36. The molecule has 27 heavy (non-hydrogen) atoms. The van der Waals surface area contributed by atoms with Crippen molar-refractivity contribution in [2.75, 3.05) is 7.11 Å². The summed E-state index contributed by atoms with van der Waals surface area (Å²) >= 11 is 0. The Labute approximate surface area is 159 Å². The lowest BCUT2D eigenvalue weighted by Gasteiger charge is -2.08. The summed E-state index contributed by atoms with van der Waals surface area (Å²) in [5, 5.41) is 8.73. The first-order valence-corrected chi connectivity index (χ1v) is 9.18. The van der Waals surface area contributed by atoms with Gasteiger partial charge < -0.3 is 10.1 Å². The second kappa shape index (κ2) is 7.78. The van der Waals surface area contributed by atoms with Crippen molar-refractivity contribution in [1.29, 1.82) is 0 Å². The minimum Gasteiger partial charge on any atom is -0.496 e. The Morgan fingerprint density at radius 1 is 1.26 bits per heavy atom. The quantitative estimate of drug-likeness (QED) is 0.723. The van der Waals surface area contributed by atoms with E-state index in [2.05, 4.69) is 18.3 Å². The first kappa shape index (κ1) is 18.9. The van der Waals surface area contributed by atoms with Gasteiger partial charge in [0.1, 0.15) is 11.4 Å². The second-order valence-corrected chi connectivity index (χ2v) is 7.02. The number of para-hydroxylation sites is 1. The van der Waals surface area contributed by atoms with E-state index in [0.717, 1.165) is 39.3 Å². The molecule has 3 rings (SSSR count). The van der Waals surface area contributed by atoms with Gasteiger partial charge in [0.2, 0.25) is 5.91 Å². The van der Waals surface area contributed by atoms with Crippen LogP contribution >= 0.6 is 0 Å². The summed E-state index contributed by atoms with van der Waals surface area (Å²) in [4.78, 5) is 16.8. The van der Waals surface area contributed by atoms with Gasteiger partial charge in [-0.3, -0.25) is 4.79 Å². The van der Waals surface area contributed by atoms with Crippen molar-refractivity contribution in [2.45, 2.75) is 46.7 Å². The van der Waals surface area contributed by atoms with E-state index in [4.69, 9.17) is 14.8 Å². The van der Waals surface area contributed by atoms with Crippen molar-refractivity contribution in [2.24, 2.45) is 0 Å². The van der Waals surface area contributed by atoms with Crippen molar-refractivity contribution in [1.82, 2.24) is 20.1 Å². The van der Waals surface area contributed by atoms with E-state index in [9.17, 15) is 4.79 Å². The van der Waals surface area contributed by atoms with Crippen LogP contribution in [0.3, 0.4) is 0 Å². The van der Waals surface area contributed by atoms with Crippen LogP contribution in [0.2, 0.25) is 0 Å². The van der Waals surface area contributed by atoms with Gasteiger partial charge in [0.15, 0.2) is 5.65 Å². The lowest BCUT2D eigenvalue weighted by atomic mass is 10.0. The molecule has 0 unspecified atom stereocenters. The van der Waals surface area contributed by atoms with Crippen molar-refractivity contribution in [3.05, 3.63) is 41.6 Å². The molecule has 0 bridgehead atoms. The number of hydrogen-bond acceptors (Lipinski definition) is 4. The lowest BCUT2D eigenvalue weighted by molar-refractivity contribution is -0.121. The number of carbonyl (C=O) groups is 1. The number of hydrogen-bond donors (Lipinski definition) is 1. The molecule has 0 saturated heterocycles. The largest absolute Gasteiger partial charge is 0.496 e. The number of methoxy groups -OCH3 is 1. The Balaban J connectivity index is 2.09. The molecule has 6 nitrogen and oxygen atoms in total. The topological polar surface area (TPSA) is 69.0 Å². The molecule has 0 saturated carbocycles. The third-order valence-electron chi connectivity index (χ3n) is 4.39. The normalized spacial score (nSPS) is 11.2. The first-order chi connectivity index (χ1) is 12.9. The minimum atomic E-state index is 0.0110. The highest BCUT2D eigenvalue weighted by Crippen LogP contribution is 2.35. The fourth-order valence-corrected chi connectivity index (χ4v) is 3.30. The van der Waals surface area contributed by atoms with Gasteiger partial charge in [-0.05, 0) is 51.5 Å². The zero-order valence-electron chi connectivity index (χ0n) is 16.5. The predicted octanol–water partition coefficient (Wildman–Crippen LogP) is 3.64. The summed E-state index contributed by atoms with van der Waals surface area (Å²) in [5.41, 5.74) is 4.59. The Morgan fingerprint density at radius 3 is 2.70 bits per heavy atom. The van der Waals surface area contributed by atoms with Crippen molar-refractivity contribution in [3.63, 3.8) is 0 Å². The average molecular weight is 366 g/mol. The molecule has 0 aliphatic rings. The summed E-state index contributed by atoms with van der Waals surface area (Å²) in [5.74, 6) is 0.776. The van der Waals surface area contributed by atoms with Gasteiger partial charge in [0.05, 0.1) is 19.0 Å². The number of nitrogens with zero attached hydrogens (tertiary/aromatic N) is 3. The second-order valence-electron chi connectivity index (χ2n) is 7.02. The number of carbonyl (C=O) groups excluding carboxylic acids is 1. The molecular formula is C21H26N4O2. The zero-order valence-corrected chi connectivity index (χ0v) is 16.5. The molecule has 0 atom stereocenters. The predicted molar refractivity (Wildman–Crippen MR) is 107 cm³/mol. The van der Waals surface area contributed by atoms with Crippen LogP contribution in [0.15, 0.2) is 30.3 Å². The van der Waals surface area contributed by atoms with Gasteiger partial charge in [-0.15, -0.1) is 0 Å². The van der Waals surface area contributed by atoms with Crippen LogP contribution < -0.4 is 10.1 Å². The highest BCUT2D eigenvalue weighted by Gasteiger charge is 2.19. The van der Waals surface area contributed by atoms with Crippen molar-refractivity contribution < 1.29 is 9.53 Å². The fraction of sp³-hybridized carbons (Fsp3) is 0.381. The fourth-order valence-electron chi connectivity index (χ4n) is 3.30. The van der Waals surface area contributed by atoms with E-state index < -0.39 is 0 Å². The number of benzene rings is 1. The van der Waals surface area contributed by atoms with Gasteiger partial charge in [-0.2, -0.15) is 5.10 Å². The third-order valence-corrected chi connectivity index (χ3v) is 4.39. The monoisotopic (exact) mass is 366 g/mol. The summed E-state index contributed by atoms with van der Waals surface area (Å²) in [6.07, 6.45) is 0.356. The number of amides is 1. The molecule has 0 fully saturated rings. The van der Waals surface area contributed by atoms with Gasteiger partial charge in [-0.1, -0.05) is 12.1 Å². The number of ether oxygens (including phenoxy) is 1. The van der Waals surface area contributed by atoms with Crippen LogP contribution in [0.5, 0.6) is 5.75 Å². The number of pyridine rings is 1. The molecule has 2 heterocycles. The Hall–Kier alpha value is -2.89. The van der Waals surface area contributed by atoms with Crippen LogP contribution in [-0.2, 0) is 11.3 Å². The molecule has 1 N–H and O–H groups in total. The van der Waals surface area contributed by atoms with Crippen molar-refractivity contribution in [3.8, 4) is 17.0 Å². The van der Waals surface area contributed by atoms with Gasteiger partial charge in [-0.25, -0.2) is 9.67 Å². The molecule has 0 radical (unpaired) electrons. The smallest absolute Gasteiger partial charge is 0.222 e. The highest BCUT2D eigenvalue weighted by molar-refractivity contribution is 5.95. The molecule has 2 aromatic heterocycles. The standard InChI is InChI=1S/C21H26N4O2/c1-13(2)22-18(26)10-11-25-21-19(14(3)12-15(4)23-21)20(24-25)16-8-6-7-9-17(16)27-5/h6-9,12-13H,10-11H2,1-5H3,(H,22,26). The molecule has 1 aromatic carbocycles.